The first-order valence-electron chi connectivity index (χ1n) is 7.10. The molecule has 0 aromatic heterocycles. The molecule has 0 bridgehead atoms. The second kappa shape index (κ2) is 5.27. The molecule has 3 rings (SSSR count). The van der Waals surface area contributed by atoms with Gasteiger partial charge in [-0.05, 0) is 38.0 Å². The molecule has 0 aliphatic carbocycles. The van der Waals surface area contributed by atoms with Gasteiger partial charge in [0.2, 0.25) is 15.9 Å². The van der Waals surface area contributed by atoms with Crippen LogP contribution in [-0.4, -0.2) is 48.7 Å². The maximum atomic E-state index is 13.3. The van der Waals surface area contributed by atoms with Crippen molar-refractivity contribution >= 4 is 15.9 Å². The Kier molecular flexibility index (Phi) is 3.68. The number of carbonyl (C=O) groups excluding carboxylic acids is 1. The van der Waals surface area contributed by atoms with Gasteiger partial charge in [-0.25, -0.2) is 17.2 Å². The molecule has 1 amide bonds. The van der Waals surface area contributed by atoms with Crippen molar-refractivity contribution in [1.82, 2.24) is 9.21 Å². The summed E-state index contributed by atoms with van der Waals surface area (Å²) in [7, 11) is -4.04. The van der Waals surface area contributed by atoms with Gasteiger partial charge in [-0.1, -0.05) is 0 Å². The topological polar surface area (TPSA) is 57.7 Å². The molecule has 0 saturated carbocycles. The van der Waals surface area contributed by atoms with Crippen LogP contribution in [0.1, 0.15) is 19.8 Å². The number of hydrogen-bond acceptors (Lipinski definition) is 3. The van der Waals surface area contributed by atoms with E-state index in [-0.39, 0.29) is 23.4 Å². The Labute approximate surface area is 127 Å². The number of carbonyl (C=O) groups is 1. The summed E-state index contributed by atoms with van der Waals surface area (Å²) >= 11 is 0. The normalized spacial score (nSPS) is 26.3. The molecule has 2 aliphatic rings. The highest BCUT2D eigenvalue weighted by atomic mass is 32.2. The first kappa shape index (κ1) is 15.4. The van der Waals surface area contributed by atoms with Crippen LogP contribution in [0.2, 0.25) is 0 Å². The monoisotopic (exact) mass is 330 g/mol. The molecule has 1 aromatic rings. The van der Waals surface area contributed by atoms with E-state index in [4.69, 9.17) is 0 Å². The van der Waals surface area contributed by atoms with Crippen molar-refractivity contribution in [2.75, 3.05) is 13.1 Å². The van der Waals surface area contributed by atoms with Gasteiger partial charge in [0.05, 0.1) is 4.90 Å². The van der Waals surface area contributed by atoms with Crippen LogP contribution in [-0.2, 0) is 14.8 Å². The summed E-state index contributed by atoms with van der Waals surface area (Å²) in [5.41, 5.74) is 0. The first-order chi connectivity index (χ1) is 10.3. The van der Waals surface area contributed by atoms with Crippen molar-refractivity contribution < 1.29 is 22.0 Å². The second-order valence-electron chi connectivity index (χ2n) is 5.65. The van der Waals surface area contributed by atoms with Crippen LogP contribution in [0.4, 0.5) is 8.78 Å². The molecule has 0 unspecified atom stereocenters. The smallest absolute Gasteiger partial charge is 0.243 e. The summed E-state index contributed by atoms with van der Waals surface area (Å²) in [6.45, 7) is 2.36. The van der Waals surface area contributed by atoms with Gasteiger partial charge < -0.3 is 4.90 Å². The Morgan fingerprint density at radius 2 is 1.95 bits per heavy atom. The molecule has 5 nitrogen and oxygen atoms in total. The summed E-state index contributed by atoms with van der Waals surface area (Å²) in [4.78, 5) is 13.7. The minimum absolute atomic E-state index is 0.135. The van der Waals surface area contributed by atoms with Crippen molar-refractivity contribution in [3.8, 4) is 0 Å². The number of nitrogens with zero attached hydrogens (tertiary/aromatic N) is 2. The number of hydrogen-bond donors (Lipinski definition) is 0. The predicted octanol–water partition coefficient (Wildman–Crippen LogP) is 1.35. The van der Waals surface area contributed by atoms with E-state index in [1.807, 2.05) is 0 Å². The van der Waals surface area contributed by atoms with E-state index in [0.29, 0.717) is 12.6 Å². The van der Waals surface area contributed by atoms with Crippen LogP contribution in [0.25, 0.3) is 0 Å². The standard InChI is InChI=1S/C14H16F2N2O3S/c1-9-14(19)17-6-2-3-10(17)8-18(9)22(20,21)11-4-5-12(15)13(16)7-11/h4-5,7,9-10H,2-3,6,8H2,1H3/t9-,10-/m1/s1. The molecule has 0 radical (unpaired) electrons. The molecule has 1 aromatic carbocycles. The van der Waals surface area contributed by atoms with Gasteiger partial charge in [-0.3, -0.25) is 4.79 Å². The van der Waals surface area contributed by atoms with Gasteiger partial charge in [0.15, 0.2) is 11.6 Å². The van der Waals surface area contributed by atoms with Crippen LogP contribution in [0.5, 0.6) is 0 Å². The van der Waals surface area contributed by atoms with Crippen molar-refractivity contribution in [2.24, 2.45) is 0 Å². The lowest BCUT2D eigenvalue weighted by atomic mass is 10.1. The van der Waals surface area contributed by atoms with Gasteiger partial charge in [0.25, 0.3) is 0 Å². The third-order valence-electron chi connectivity index (χ3n) is 4.34. The van der Waals surface area contributed by atoms with Crippen LogP contribution in [0.15, 0.2) is 23.1 Å². The van der Waals surface area contributed by atoms with Gasteiger partial charge in [0, 0.05) is 19.1 Å². The molecule has 2 fully saturated rings. The second-order valence-corrected chi connectivity index (χ2v) is 7.54. The minimum Gasteiger partial charge on any atom is -0.337 e. The van der Waals surface area contributed by atoms with E-state index in [0.717, 1.165) is 29.3 Å². The molecule has 8 heteroatoms. The summed E-state index contributed by atoms with van der Waals surface area (Å²) in [6, 6.07) is 1.48. The number of halogens is 2. The maximum absolute atomic E-state index is 13.3. The highest BCUT2D eigenvalue weighted by Crippen LogP contribution is 2.30. The fourth-order valence-electron chi connectivity index (χ4n) is 3.12. The van der Waals surface area contributed by atoms with Crippen LogP contribution in [0.3, 0.4) is 0 Å². The van der Waals surface area contributed by atoms with E-state index in [1.54, 1.807) is 4.90 Å². The third-order valence-corrected chi connectivity index (χ3v) is 6.27. The lowest BCUT2D eigenvalue weighted by Crippen LogP contribution is -2.59. The number of rotatable bonds is 2. The molecule has 2 atom stereocenters. The molecule has 2 saturated heterocycles. The zero-order valence-corrected chi connectivity index (χ0v) is 12.8. The lowest BCUT2D eigenvalue weighted by molar-refractivity contribution is -0.139. The molecule has 120 valence electrons. The Morgan fingerprint density at radius 1 is 1.23 bits per heavy atom. The Balaban J connectivity index is 1.97. The zero-order valence-electron chi connectivity index (χ0n) is 12.0. The van der Waals surface area contributed by atoms with Gasteiger partial charge in [-0.15, -0.1) is 0 Å². The van der Waals surface area contributed by atoms with Crippen molar-refractivity contribution in [1.29, 1.82) is 0 Å². The molecule has 2 heterocycles. The summed E-state index contributed by atoms with van der Waals surface area (Å²) in [6.07, 6.45) is 1.60. The Morgan fingerprint density at radius 3 is 2.64 bits per heavy atom. The molecular weight excluding hydrogens is 314 g/mol. The summed E-state index contributed by atoms with van der Waals surface area (Å²) in [5.74, 6) is -2.57. The van der Waals surface area contributed by atoms with E-state index in [9.17, 15) is 22.0 Å². The lowest BCUT2D eigenvalue weighted by Gasteiger charge is -2.40. The molecule has 2 aliphatic heterocycles. The number of sulfonamides is 1. The number of piperazine rings is 1. The van der Waals surface area contributed by atoms with Gasteiger partial charge in [0.1, 0.15) is 6.04 Å². The fourth-order valence-corrected chi connectivity index (χ4v) is 4.76. The third kappa shape index (κ3) is 2.30. The molecular formula is C14H16F2N2O3S. The number of benzene rings is 1. The quantitative estimate of drug-likeness (QED) is 0.822. The molecule has 0 N–H and O–H groups in total. The number of fused-ring (bicyclic) bond motifs is 1. The summed E-state index contributed by atoms with van der Waals surface area (Å²) < 4.78 is 52.7. The maximum Gasteiger partial charge on any atom is 0.243 e. The average molecular weight is 330 g/mol. The number of amides is 1. The van der Waals surface area contributed by atoms with Gasteiger partial charge >= 0.3 is 0 Å². The molecule has 0 spiro atoms. The van der Waals surface area contributed by atoms with E-state index < -0.39 is 27.7 Å². The Hall–Kier alpha value is -1.54. The minimum atomic E-state index is -4.04. The predicted molar refractivity (Wildman–Crippen MR) is 74.4 cm³/mol. The van der Waals surface area contributed by atoms with Crippen LogP contribution in [0, 0.1) is 11.6 Å². The highest BCUT2D eigenvalue weighted by molar-refractivity contribution is 7.89. The van der Waals surface area contributed by atoms with Crippen LogP contribution < -0.4 is 0 Å². The van der Waals surface area contributed by atoms with Crippen LogP contribution >= 0.6 is 0 Å². The SMILES string of the molecule is C[C@@H]1C(=O)N2CCC[C@@H]2CN1S(=O)(=O)c1ccc(F)c(F)c1. The Bertz CT molecular complexity index is 723. The van der Waals surface area contributed by atoms with E-state index >= 15 is 0 Å². The zero-order chi connectivity index (χ0) is 16.1. The van der Waals surface area contributed by atoms with Crippen molar-refractivity contribution in [3.05, 3.63) is 29.8 Å². The largest absolute Gasteiger partial charge is 0.337 e. The first-order valence-corrected chi connectivity index (χ1v) is 8.54. The van der Waals surface area contributed by atoms with E-state index in [2.05, 4.69) is 0 Å². The summed E-state index contributed by atoms with van der Waals surface area (Å²) in [5, 5.41) is 0. The molecule has 22 heavy (non-hydrogen) atoms. The average Bonchev–Trinajstić information content (AvgIpc) is 2.94. The fraction of sp³-hybridized carbons (Fsp3) is 0.500. The van der Waals surface area contributed by atoms with Gasteiger partial charge in [-0.2, -0.15) is 4.31 Å². The highest BCUT2D eigenvalue weighted by Gasteiger charge is 2.45. The van der Waals surface area contributed by atoms with Crippen molar-refractivity contribution in [2.45, 2.75) is 36.7 Å². The van der Waals surface area contributed by atoms with Crippen molar-refractivity contribution in [3.63, 3.8) is 0 Å². The van der Waals surface area contributed by atoms with E-state index in [1.165, 1.54) is 6.92 Å².